The summed E-state index contributed by atoms with van der Waals surface area (Å²) in [7, 11) is 0. The molecule has 1 amide bonds. The SMILES string of the molecule is CCCc1nc(C(=O)NCCC2CCOC2)n[nH]1. The first-order valence-corrected chi connectivity index (χ1v) is 6.56. The van der Waals surface area contributed by atoms with Crippen LogP contribution in [0.25, 0.3) is 0 Å². The summed E-state index contributed by atoms with van der Waals surface area (Å²) in [5.41, 5.74) is 0. The van der Waals surface area contributed by atoms with Gasteiger partial charge in [-0.25, -0.2) is 4.98 Å². The number of aryl methyl sites for hydroxylation is 1. The molecule has 18 heavy (non-hydrogen) atoms. The molecule has 0 spiro atoms. The second kappa shape index (κ2) is 6.49. The van der Waals surface area contributed by atoms with E-state index >= 15 is 0 Å². The van der Waals surface area contributed by atoms with E-state index < -0.39 is 0 Å². The molecular formula is C12H20N4O2. The molecule has 2 N–H and O–H groups in total. The van der Waals surface area contributed by atoms with Gasteiger partial charge in [-0.05, 0) is 25.2 Å². The molecule has 1 aliphatic rings. The third kappa shape index (κ3) is 3.53. The predicted molar refractivity (Wildman–Crippen MR) is 66.3 cm³/mol. The minimum atomic E-state index is -0.201. The monoisotopic (exact) mass is 252 g/mol. The zero-order chi connectivity index (χ0) is 12.8. The van der Waals surface area contributed by atoms with E-state index in [-0.39, 0.29) is 11.7 Å². The van der Waals surface area contributed by atoms with Gasteiger partial charge in [0.1, 0.15) is 5.82 Å². The highest BCUT2D eigenvalue weighted by molar-refractivity contribution is 5.90. The topological polar surface area (TPSA) is 79.9 Å². The van der Waals surface area contributed by atoms with E-state index in [2.05, 4.69) is 27.4 Å². The normalized spacial score (nSPS) is 19.1. The van der Waals surface area contributed by atoms with Crippen molar-refractivity contribution in [2.24, 2.45) is 5.92 Å². The second-order valence-electron chi connectivity index (χ2n) is 4.63. The first-order valence-electron chi connectivity index (χ1n) is 6.56. The molecular weight excluding hydrogens is 232 g/mol. The zero-order valence-electron chi connectivity index (χ0n) is 10.7. The molecule has 2 rings (SSSR count). The lowest BCUT2D eigenvalue weighted by atomic mass is 10.1. The van der Waals surface area contributed by atoms with Crippen molar-refractivity contribution in [3.05, 3.63) is 11.6 Å². The molecule has 100 valence electrons. The van der Waals surface area contributed by atoms with Crippen molar-refractivity contribution >= 4 is 5.91 Å². The Morgan fingerprint density at radius 1 is 1.61 bits per heavy atom. The van der Waals surface area contributed by atoms with Gasteiger partial charge in [-0.1, -0.05) is 6.92 Å². The molecule has 6 nitrogen and oxygen atoms in total. The van der Waals surface area contributed by atoms with Crippen LogP contribution in [0.2, 0.25) is 0 Å². The smallest absolute Gasteiger partial charge is 0.290 e. The van der Waals surface area contributed by atoms with Gasteiger partial charge in [0, 0.05) is 26.2 Å². The molecule has 0 bridgehead atoms. The van der Waals surface area contributed by atoms with Gasteiger partial charge in [0.05, 0.1) is 0 Å². The van der Waals surface area contributed by atoms with Gasteiger partial charge in [0.2, 0.25) is 5.82 Å². The van der Waals surface area contributed by atoms with Crippen molar-refractivity contribution < 1.29 is 9.53 Å². The van der Waals surface area contributed by atoms with Crippen molar-refractivity contribution in [1.29, 1.82) is 0 Å². The Morgan fingerprint density at radius 3 is 3.22 bits per heavy atom. The van der Waals surface area contributed by atoms with Gasteiger partial charge < -0.3 is 10.1 Å². The summed E-state index contributed by atoms with van der Waals surface area (Å²) in [6.07, 6.45) is 3.85. The largest absolute Gasteiger partial charge is 0.381 e. The lowest BCUT2D eigenvalue weighted by Crippen LogP contribution is -2.27. The lowest BCUT2D eigenvalue weighted by molar-refractivity contribution is 0.0940. The third-order valence-corrected chi connectivity index (χ3v) is 3.08. The first kappa shape index (κ1) is 13.0. The molecule has 1 fully saturated rings. The maximum absolute atomic E-state index is 11.7. The zero-order valence-corrected chi connectivity index (χ0v) is 10.7. The summed E-state index contributed by atoms with van der Waals surface area (Å²) in [6, 6.07) is 0. The minimum Gasteiger partial charge on any atom is -0.381 e. The van der Waals surface area contributed by atoms with Gasteiger partial charge in [0.25, 0.3) is 5.91 Å². The van der Waals surface area contributed by atoms with Crippen molar-refractivity contribution in [3.63, 3.8) is 0 Å². The van der Waals surface area contributed by atoms with E-state index in [9.17, 15) is 4.79 Å². The molecule has 1 atom stereocenters. The van der Waals surface area contributed by atoms with Crippen molar-refractivity contribution in [2.45, 2.75) is 32.6 Å². The summed E-state index contributed by atoms with van der Waals surface area (Å²) in [6.45, 7) is 4.38. The van der Waals surface area contributed by atoms with Crippen molar-refractivity contribution in [1.82, 2.24) is 20.5 Å². The molecule has 1 aromatic heterocycles. The average Bonchev–Trinajstić information content (AvgIpc) is 3.00. The van der Waals surface area contributed by atoms with Gasteiger partial charge in [0.15, 0.2) is 0 Å². The van der Waals surface area contributed by atoms with Crippen LogP contribution in [0, 0.1) is 5.92 Å². The van der Waals surface area contributed by atoms with E-state index in [0.717, 1.165) is 44.7 Å². The molecule has 1 aromatic rings. The Hall–Kier alpha value is -1.43. The van der Waals surface area contributed by atoms with Crippen LogP contribution in [-0.4, -0.2) is 40.8 Å². The number of H-pyrrole nitrogens is 1. The van der Waals surface area contributed by atoms with Crippen LogP contribution in [0.4, 0.5) is 0 Å². The standard InChI is InChI=1S/C12H20N4O2/c1-2-3-10-14-11(16-15-10)12(17)13-6-4-9-5-7-18-8-9/h9H,2-8H2,1H3,(H,13,17)(H,14,15,16). The van der Waals surface area contributed by atoms with Crippen LogP contribution >= 0.6 is 0 Å². The minimum absolute atomic E-state index is 0.201. The van der Waals surface area contributed by atoms with E-state index in [0.29, 0.717) is 12.5 Å². The summed E-state index contributed by atoms with van der Waals surface area (Å²) in [5.74, 6) is 1.38. The van der Waals surface area contributed by atoms with E-state index in [1.807, 2.05) is 0 Å². The Balaban J connectivity index is 1.72. The number of aromatic nitrogens is 3. The molecule has 6 heteroatoms. The number of nitrogens with one attached hydrogen (secondary N) is 2. The fourth-order valence-corrected chi connectivity index (χ4v) is 2.03. The summed E-state index contributed by atoms with van der Waals surface area (Å²) in [4.78, 5) is 15.9. The fourth-order valence-electron chi connectivity index (χ4n) is 2.03. The van der Waals surface area contributed by atoms with Crippen LogP contribution in [0.5, 0.6) is 0 Å². The van der Waals surface area contributed by atoms with Gasteiger partial charge in [-0.3, -0.25) is 9.89 Å². The van der Waals surface area contributed by atoms with Crippen molar-refractivity contribution in [2.75, 3.05) is 19.8 Å². The van der Waals surface area contributed by atoms with Crippen LogP contribution < -0.4 is 5.32 Å². The summed E-state index contributed by atoms with van der Waals surface area (Å²) in [5, 5.41) is 9.53. The third-order valence-electron chi connectivity index (χ3n) is 3.08. The fraction of sp³-hybridized carbons (Fsp3) is 0.750. The highest BCUT2D eigenvalue weighted by atomic mass is 16.5. The Bertz CT molecular complexity index is 385. The number of nitrogens with zero attached hydrogens (tertiary/aromatic N) is 2. The van der Waals surface area contributed by atoms with Gasteiger partial charge in [-0.15, -0.1) is 5.10 Å². The number of hydrogen-bond acceptors (Lipinski definition) is 4. The molecule has 2 heterocycles. The second-order valence-corrected chi connectivity index (χ2v) is 4.63. The highest BCUT2D eigenvalue weighted by Crippen LogP contribution is 2.15. The molecule has 1 aliphatic heterocycles. The quantitative estimate of drug-likeness (QED) is 0.788. The maximum Gasteiger partial charge on any atom is 0.290 e. The number of ether oxygens (including phenoxy) is 1. The van der Waals surface area contributed by atoms with Crippen molar-refractivity contribution in [3.8, 4) is 0 Å². The number of amides is 1. The first-order chi connectivity index (χ1) is 8.79. The maximum atomic E-state index is 11.7. The Kier molecular flexibility index (Phi) is 4.69. The highest BCUT2D eigenvalue weighted by Gasteiger charge is 2.16. The molecule has 0 aromatic carbocycles. The number of rotatable bonds is 6. The van der Waals surface area contributed by atoms with Crippen LogP contribution in [-0.2, 0) is 11.2 Å². The molecule has 1 saturated heterocycles. The Morgan fingerprint density at radius 2 is 2.50 bits per heavy atom. The predicted octanol–water partition coefficient (Wildman–Crippen LogP) is 0.914. The summed E-state index contributed by atoms with van der Waals surface area (Å²) < 4.78 is 5.29. The molecule has 0 radical (unpaired) electrons. The number of aromatic amines is 1. The average molecular weight is 252 g/mol. The van der Waals surface area contributed by atoms with Gasteiger partial charge >= 0.3 is 0 Å². The number of hydrogen-bond donors (Lipinski definition) is 2. The van der Waals surface area contributed by atoms with E-state index in [1.54, 1.807) is 0 Å². The molecule has 0 aliphatic carbocycles. The summed E-state index contributed by atoms with van der Waals surface area (Å²) >= 11 is 0. The Labute approximate surface area is 107 Å². The van der Waals surface area contributed by atoms with Crippen LogP contribution in [0.1, 0.15) is 42.6 Å². The number of carbonyl (C=O) groups is 1. The van der Waals surface area contributed by atoms with E-state index in [1.165, 1.54) is 0 Å². The molecule has 0 saturated carbocycles. The molecule has 1 unspecified atom stereocenters. The number of carbonyl (C=O) groups excluding carboxylic acids is 1. The lowest BCUT2D eigenvalue weighted by Gasteiger charge is -2.07. The van der Waals surface area contributed by atoms with Crippen LogP contribution in [0.15, 0.2) is 0 Å². The van der Waals surface area contributed by atoms with Crippen LogP contribution in [0.3, 0.4) is 0 Å². The van der Waals surface area contributed by atoms with Gasteiger partial charge in [-0.2, -0.15) is 0 Å². The van der Waals surface area contributed by atoms with E-state index in [4.69, 9.17) is 4.74 Å².